The van der Waals surface area contributed by atoms with E-state index in [1.54, 1.807) is 42.4 Å². The minimum Gasteiger partial charge on any atom is -0.457 e. The zero-order valence-corrected chi connectivity index (χ0v) is 18.8. The van der Waals surface area contributed by atoms with Crippen molar-refractivity contribution in [2.45, 2.75) is 0 Å². The minimum absolute atomic E-state index is 0. The number of nitro benzene ring substituents is 1. The number of nitrogens with zero attached hydrogens (tertiary/aromatic N) is 3. The lowest BCUT2D eigenvalue weighted by Crippen LogP contribution is -2.37. The van der Waals surface area contributed by atoms with Crippen LogP contribution in [0.1, 0.15) is 0 Å². The second-order valence-electron chi connectivity index (χ2n) is 6.75. The highest BCUT2D eigenvalue weighted by Gasteiger charge is 2.32. The summed E-state index contributed by atoms with van der Waals surface area (Å²) in [5, 5.41) is 15.3. The molecule has 1 heterocycles. The maximum Gasteiger partial charge on any atom is 0.271 e. The van der Waals surface area contributed by atoms with Gasteiger partial charge in [-0.15, -0.1) is 0 Å². The fourth-order valence-corrected chi connectivity index (χ4v) is 3.56. The van der Waals surface area contributed by atoms with E-state index in [1.165, 1.54) is 24.3 Å². The quantitative estimate of drug-likeness (QED) is 0.202. The second kappa shape index (κ2) is 10.4. The maximum absolute atomic E-state index is 12.3. The predicted molar refractivity (Wildman–Crippen MR) is 131 cm³/mol. The lowest BCUT2D eigenvalue weighted by atomic mass is 10.3. The Balaban J connectivity index is 0.00000289. The molecule has 0 bridgehead atoms. The minimum atomic E-state index is -0.425. The van der Waals surface area contributed by atoms with Crippen molar-refractivity contribution in [3.63, 3.8) is 0 Å². The highest BCUT2D eigenvalue weighted by Crippen LogP contribution is 2.53. The average Bonchev–Trinajstić information content (AvgIpc) is 3.46. The van der Waals surface area contributed by atoms with Gasteiger partial charge in [-0.25, -0.2) is 5.01 Å². The number of ether oxygens (including phenoxy) is 1. The molecule has 3 aromatic rings. The van der Waals surface area contributed by atoms with Crippen molar-refractivity contribution < 1.29 is 14.5 Å². The molecule has 4 rings (SSSR count). The van der Waals surface area contributed by atoms with Crippen LogP contribution in [-0.2, 0) is 4.79 Å². The number of likely N-dealkylation sites (N-methyl/N-ethyl adjacent to an activating group) is 1. The third kappa shape index (κ3) is 5.92. The van der Waals surface area contributed by atoms with Gasteiger partial charge in [-0.2, -0.15) is 18.3 Å². The third-order valence-electron chi connectivity index (χ3n) is 4.34. The molecule has 0 saturated carbocycles. The van der Waals surface area contributed by atoms with Crippen LogP contribution in [0, 0.1) is 10.1 Å². The summed E-state index contributed by atoms with van der Waals surface area (Å²) in [6.45, 7) is 0.111. The smallest absolute Gasteiger partial charge is 0.271 e. The molecule has 166 valence electrons. The number of hydrazine groups is 1. The molecular formula is C21H21N5O4S2. The van der Waals surface area contributed by atoms with E-state index in [4.69, 9.17) is 4.74 Å². The van der Waals surface area contributed by atoms with Gasteiger partial charge < -0.3 is 10.1 Å². The number of benzene rings is 3. The number of carbonyl (C=O) groups is 1. The fourth-order valence-electron chi connectivity index (χ4n) is 2.81. The first kappa shape index (κ1) is 23.4. The van der Waals surface area contributed by atoms with E-state index in [0.717, 1.165) is 17.1 Å². The van der Waals surface area contributed by atoms with Gasteiger partial charge in [0.25, 0.3) is 5.69 Å². The Labute approximate surface area is 196 Å². The lowest BCUT2D eigenvalue weighted by molar-refractivity contribution is -0.384. The molecule has 11 heteroatoms. The van der Waals surface area contributed by atoms with Crippen LogP contribution >= 0.6 is 25.6 Å². The molecular weight excluding hydrogens is 450 g/mol. The van der Waals surface area contributed by atoms with Gasteiger partial charge in [0.15, 0.2) is 0 Å². The Morgan fingerprint density at radius 2 is 1.75 bits per heavy atom. The first-order chi connectivity index (χ1) is 15.0. The molecule has 32 heavy (non-hydrogen) atoms. The summed E-state index contributed by atoms with van der Waals surface area (Å²) in [4.78, 5) is 25.7. The van der Waals surface area contributed by atoms with Gasteiger partial charge >= 0.3 is 0 Å². The van der Waals surface area contributed by atoms with Crippen molar-refractivity contribution in [2.24, 2.45) is 0 Å². The van der Waals surface area contributed by atoms with E-state index in [0.29, 0.717) is 11.4 Å². The second-order valence-corrected chi connectivity index (χ2v) is 7.48. The van der Waals surface area contributed by atoms with E-state index >= 15 is 0 Å². The molecule has 9 nitrogen and oxygen atoms in total. The number of anilines is 3. The van der Waals surface area contributed by atoms with Crippen LogP contribution in [0.5, 0.6) is 11.5 Å². The summed E-state index contributed by atoms with van der Waals surface area (Å²) in [5.74, 6) is 1.23. The molecule has 1 amide bonds. The van der Waals surface area contributed by atoms with Gasteiger partial charge in [-0.05, 0) is 42.5 Å². The number of hydrogen-bond donors (Lipinski definition) is 2. The van der Waals surface area contributed by atoms with E-state index in [9.17, 15) is 14.9 Å². The van der Waals surface area contributed by atoms with Crippen LogP contribution in [0.4, 0.5) is 22.7 Å². The van der Waals surface area contributed by atoms with Crippen molar-refractivity contribution in [1.29, 1.82) is 0 Å². The molecule has 0 radical (unpaired) electrons. The largest absolute Gasteiger partial charge is 0.457 e. The summed E-state index contributed by atoms with van der Waals surface area (Å²) in [6, 6.07) is 21.3. The monoisotopic (exact) mass is 471 g/mol. The van der Waals surface area contributed by atoms with E-state index in [1.807, 2.05) is 34.6 Å². The molecule has 0 saturated heterocycles. The first-order valence-corrected chi connectivity index (χ1v) is 10.1. The van der Waals surface area contributed by atoms with Crippen LogP contribution in [0.15, 0.2) is 72.8 Å². The Morgan fingerprint density at radius 1 is 1.06 bits per heavy atom. The molecule has 3 aromatic carbocycles. The molecule has 0 spiro atoms. The van der Waals surface area contributed by atoms with E-state index < -0.39 is 4.92 Å². The summed E-state index contributed by atoms with van der Waals surface area (Å²) in [6.07, 6.45) is 0. The molecule has 1 aliphatic rings. The van der Waals surface area contributed by atoms with Gasteiger partial charge in [0.05, 0.1) is 35.0 Å². The molecule has 2 N–H and O–H groups in total. The lowest BCUT2D eigenvalue weighted by Gasteiger charge is -2.17. The van der Waals surface area contributed by atoms with Crippen molar-refractivity contribution in [3.8, 4) is 11.5 Å². The summed E-state index contributed by atoms with van der Waals surface area (Å²) < 4.78 is 7.55. The number of rotatable bonds is 9. The number of nitro groups is 1. The van der Waals surface area contributed by atoms with Crippen LogP contribution in [0.25, 0.3) is 0 Å². The zero-order valence-electron chi connectivity index (χ0n) is 17.0. The molecule has 1 aliphatic heterocycles. The maximum atomic E-state index is 12.3. The summed E-state index contributed by atoms with van der Waals surface area (Å²) in [5.41, 5.74) is 2.40. The number of nitrogens with one attached hydrogen (secondary N) is 2. The van der Waals surface area contributed by atoms with Crippen molar-refractivity contribution >= 4 is 54.3 Å². The van der Waals surface area contributed by atoms with Gasteiger partial charge in [-0.1, -0.05) is 18.2 Å². The number of amides is 1. The van der Waals surface area contributed by atoms with Crippen LogP contribution in [0.3, 0.4) is 0 Å². The van der Waals surface area contributed by atoms with Gasteiger partial charge in [-0.3, -0.25) is 19.2 Å². The third-order valence-corrected chi connectivity index (χ3v) is 5.31. The number of hydrogen-bond acceptors (Lipinski definition) is 8. The van der Waals surface area contributed by atoms with Crippen molar-refractivity contribution in [3.05, 3.63) is 82.9 Å². The van der Waals surface area contributed by atoms with Crippen molar-refractivity contribution in [1.82, 2.24) is 9.84 Å². The summed E-state index contributed by atoms with van der Waals surface area (Å²) >= 11 is 1.24. The Morgan fingerprint density at radius 3 is 2.44 bits per heavy atom. The van der Waals surface area contributed by atoms with Crippen LogP contribution < -0.4 is 19.2 Å². The highest BCUT2D eigenvalue weighted by molar-refractivity contribution is 7.99. The van der Waals surface area contributed by atoms with Gasteiger partial charge in [0.2, 0.25) is 5.91 Å². The highest BCUT2D eigenvalue weighted by atomic mass is 32.2. The van der Waals surface area contributed by atoms with Crippen molar-refractivity contribution in [2.75, 3.05) is 23.2 Å². The molecule has 0 atom stereocenters. The first-order valence-electron chi connectivity index (χ1n) is 9.35. The normalized spacial score (nSPS) is 11.4. The fraction of sp³-hybridized carbons (Fsp3) is 0.0952. The average molecular weight is 472 g/mol. The topological polar surface area (TPSA) is 99.8 Å². The SMILES string of the molecule is CN(CC(=O)Nc1ccc(Oc2ccccc2)cc1)NSN1c2ccc([N+](=O)[O-])cc21.S. The van der Waals surface area contributed by atoms with E-state index in [2.05, 4.69) is 10.1 Å². The number of fused-ring (bicyclic) bond motifs is 1. The van der Waals surface area contributed by atoms with Crippen LogP contribution in [-0.4, -0.2) is 29.4 Å². The number of non-ortho nitro benzene ring substituents is 1. The number of para-hydroxylation sites is 1. The molecule has 0 unspecified atom stereocenters. The Kier molecular flexibility index (Phi) is 7.59. The molecule has 0 fully saturated rings. The predicted octanol–water partition coefficient (Wildman–Crippen LogP) is 4.59. The molecule has 0 aromatic heterocycles. The van der Waals surface area contributed by atoms with Gasteiger partial charge in [0.1, 0.15) is 11.5 Å². The van der Waals surface area contributed by atoms with Gasteiger partial charge in [0, 0.05) is 24.9 Å². The molecule has 0 aliphatic carbocycles. The standard InChI is InChI=1S/C21H19N5O4S.H2S/c1-24(23-31-25-19-12-9-16(26(28)29)13-20(19)25)14-21(27)22-15-7-10-18(11-8-15)30-17-5-3-2-4-6-17;/h2-13,23H,14H2,1H3,(H,22,27);1H2. The van der Waals surface area contributed by atoms with Crippen LogP contribution in [0.2, 0.25) is 0 Å². The van der Waals surface area contributed by atoms with E-state index in [-0.39, 0.29) is 31.6 Å². The summed E-state index contributed by atoms with van der Waals surface area (Å²) in [7, 11) is 1.74. The zero-order chi connectivity index (χ0) is 21.8. The number of carbonyl (C=O) groups excluding carboxylic acids is 1. The Hall–Kier alpha value is -3.25. The Bertz CT molecular complexity index is 1100.